The van der Waals surface area contributed by atoms with Crippen molar-refractivity contribution < 1.29 is 8.78 Å². The maximum absolute atomic E-state index is 12.9. The highest BCUT2D eigenvalue weighted by atomic mass is 79.9. The Morgan fingerprint density at radius 1 is 1.60 bits per heavy atom. The Bertz CT molecular complexity index is 366. The van der Waals surface area contributed by atoms with Gasteiger partial charge < -0.3 is 5.73 Å². The molecule has 1 aliphatic rings. The first-order valence-electron chi connectivity index (χ1n) is 4.70. The van der Waals surface area contributed by atoms with Gasteiger partial charge in [0.1, 0.15) is 0 Å². The fourth-order valence-electron chi connectivity index (χ4n) is 1.90. The van der Waals surface area contributed by atoms with E-state index in [1.165, 1.54) is 4.68 Å². The van der Waals surface area contributed by atoms with Crippen LogP contribution in [0, 0.1) is 5.92 Å². The van der Waals surface area contributed by atoms with Crippen molar-refractivity contribution in [3.8, 4) is 0 Å². The molecule has 4 nitrogen and oxygen atoms in total. The lowest BCUT2D eigenvalue weighted by Crippen LogP contribution is -2.14. The van der Waals surface area contributed by atoms with Gasteiger partial charge in [0.05, 0.1) is 0 Å². The Labute approximate surface area is 94.0 Å². The van der Waals surface area contributed by atoms with Gasteiger partial charge in [-0.05, 0) is 28.3 Å². The summed E-state index contributed by atoms with van der Waals surface area (Å²) in [6.07, 6.45) is 0.428. The van der Waals surface area contributed by atoms with Crippen LogP contribution in [0.15, 0.2) is 4.73 Å². The number of halogens is 3. The van der Waals surface area contributed by atoms with Crippen LogP contribution in [0.5, 0.6) is 0 Å². The molecule has 2 rings (SSSR count). The van der Waals surface area contributed by atoms with Crippen LogP contribution in [0.4, 0.5) is 14.7 Å². The minimum absolute atomic E-state index is 0.0283. The van der Waals surface area contributed by atoms with Crippen LogP contribution in [-0.4, -0.2) is 20.7 Å². The van der Waals surface area contributed by atoms with E-state index in [4.69, 9.17) is 5.73 Å². The molecular weight excluding hydrogens is 270 g/mol. The average Bonchev–Trinajstić information content (AvgIpc) is 2.57. The third kappa shape index (κ3) is 2.45. The third-order valence-electron chi connectivity index (χ3n) is 2.58. The zero-order chi connectivity index (χ0) is 11.1. The van der Waals surface area contributed by atoms with Crippen LogP contribution >= 0.6 is 15.9 Å². The minimum atomic E-state index is -2.51. The van der Waals surface area contributed by atoms with Crippen LogP contribution < -0.4 is 5.73 Å². The van der Waals surface area contributed by atoms with E-state index < -0.39 is 5.92 Å². The lowest BCUT2D eigenvalue weighted by molar-refractivity contribution is 0.00420. The number of nitrogen functional groups attached to an aromatic ring is 1. The third-order valence-corrected chi connectivity index (χ3v) is 3.17. The van der Waals surface area contributed by atoms with Gasteiger partial charge in [0, 0.05) is 19.4 Å². The molecule has 1 aromatic rings. The van der Waals surface area contributed by atoms with E-state index in [2.05, 4.69) is 26.0 Å². The molecule has 2 N–H and O–H groups in total. The lowest BCUT2D eigenvalue weighted by Gasteiger charge is -2.10. The molecule has 1 saturated carbocycles. The summed E-state index contributed by atoms with van der Waals surface area (Å²) in [5.41, 5.74) is 5.39. The molecule has 0 aromatic carbocycles. The van der Waals surface area contributed by atoms with Crippen molar-refractivity contribution in [2.24, 2.45) is 5.92 Å². The Morgan fingerprint density at radius 3 is 2.80 bits per heavy atom. The molecule has 15 heavy (non-hydrogen) atoms. The zero-order valence-electron chi connectivity index (χ0n) is 7.96. The summed E-state index contributed by atoms with van der Waals surface area (Å²) < 4.78 is 27.9. The number of hydrogen-bond donors (Lipinski definition) is 1. The van der Waals surface area contributed by atoms with Gasteiger partial charge in [-0.25, -0.2) is 13.5 Å². The smallest absolute Gasteiger partial charge is 0.248 e. The predicted octanol–water partition coefficient (Wildman–Crippen LogP) is 2.06. The maximum Gasteiger partial charge on any atom is 0.248 e. The van der Waals surface area contributed by atoms with E-state index in [0.29, 0.717) is 17.7 Å². The molecule has 0 aliphatic heterocycles. The number of anilines is 1. The van der Waals surface area contributed by atoms with Gasteiger partial charge in [0.25, 0.3) is 0 Å². The Morgan fingerprint density at radius 2 is 2.33 bits per heavy atom. The second-order valence-corrected chi connectivity index (χ2v) is 4.60. The van der Waals surface area contributed by atoms with Crippen molar-refractivity contribution in [1.82, 2.24) is 14.8 Å². The van der Waals surface area contributed by atoms with E-state index in [0.717, 1.165) is 0 Å². The fourth-order valence-corrected chi connectivity index (χ4v) is 2.30. The molecule has 0 spiro atoms. The summed E-state index contributed by atoms with van der Waals surface area (Å²) in [5.74, 6) is -2.40. The molecule has 1 heterocycles. The van der Waals surface area contributed by atoms with Gasteiger partial charge in [-0.2, -0.15) is 4.98 Å². The van der Waals surface area contributed by atoms with Crippen molar-refractivity contribution >= 4 is 21.9 Å². The largest absolute Gasteiger partial charge is 0.366 e. The van der Waals surface area contributed by atoms with Gasteiger partial charge in [-0.15, -0.1) is 5.10 Å². The van der Waals surface area contributed by atoms with E-state index in [-0.39, 0.29) is 24.7 Å². The van der Waals surface area contributed by atoms with Crippen molar-refractivity contribution in [2.75, 3.05) is 5.73 Å². The summed E-state index contributed by atoms with van der Waals surface area (Å²) in [6, 6.07) is 0. The molecule has 0 radical (unpaired) electrons. The molecule has 0 bridgehead atoms. The molecule has 0 saturated heterocycles. The zero-order valence-corrected chi connectivity index (χ0v) is 9.54. The quantitative estimate of drug-likeness (QED) is 0.902. The fraction of sp³-hybridized carbons (Fsp3) is 0.750. The first kappa shape index (κ1) is 10.8. The molecular formula is C8H11BrF2N4. The average molecular weight is 281 g/mol. The van der Waals surface area contributed by atoms with Crippen LogP contribution in [0.2, 0.25) is 0 Å². The monoisotopic (exact) mass is 280 g/mol. The van der Waals surface area contributed by atoms with Gasteiger partial charge in [0.15, 0.2) is 4.73 Å². The normalized spacial score (nSPS) is 24.6. The second kappa shape index (κ2) is 3.70. The number of nitrogens with two attached hydrogens (primary N) is 1. The Balaban J connectivity index is 2.01. The Hall–Kier alpha value is -0.720. The predicted molar refractivity (Wildman–Crippen MR) is 54.4 cm³/mol. The summed E-state index contributed by atoms with van der Waals surface area (Å²) in [5, 5.41) is 3.91. The molecule has 1 atom stereocenters. The minimum Gasteiger partial charge on any atom is -0.366 e. The van der Waals surface area contributed by atoms with E-state index >= 15 is 0 Å². The second-order valence-electron chi connectivity index (χ2n) is 3.89. The molecule has 84 valence electrons. The maximum atomic E-state index is 12.9. The van der Waals surface area contributed by atoms with Gasteiger partial charge in [0.2, 0.25) is 11.9 Å². The first-order chi connectivity index (χ1) is 6.96. The number of nitrogens with zero attached hydrogens (tertiary/aromatic N) is 3. The van der Waals surface area contributed by atoms with Gasteiger partial charge in [-0.1, -0.05) is 0 Å². The highest BCUT2D eigenvalue weighted by Gasteiger charge is 2.39. The summed E-state index contributed by atoms with van der Waals surface area (Å²) in [6.45, 7) is 0.445. The van der Waals surface area contributed by atoms with E-state index in [1.54, 1.807) is 0 Å². The highest BCUT2D eigenvalue weighted by Crippen LogP contribution is 2.39. The number of alkyl halides is 2. The summed E-state index contributed by atoms with van der Waals surface area (Å²) in [7, 11) is 0. The Kier molecular flexibility index (Phi) is 2.66. The molecule has 1 unspecified atom stereocenters. The summed E-state index contributed by atoms with van der Waals surface area (Å²) >= 11 is 3.17. The van der Waals surface area contributed by atoms with Crippen molar-refractivity contribution in [1.29, 1.82) is 0 Å². The number of hydrogen-bond acceptors (Lipinski definition) is 3. The number of aromatic nitrogens is 3. The lowest BCUT2D eigenvalue weighted by atomic mass is 10.1. The molecule has 1 fully saturated rings. The SMILES string of the molecule is Nc1nc(Br)n(CC2CCC(F)(F)C2)n1. The molecule has 0 amide bonds. The highest BCUT2D eigenvalue weighted by molar-refractivity contribution is 9.10. The van der Waals surface area contributed by atoms with Crippen LogP contribution in [0.3, 0.4) is 0 Å². The number of rotatable bonds is 2. The summed E-state index contributed by atoms with van der Waals surface area (Å²) in [4.78, 5) is 3.85. The topological polar surface area (TPSA) is 56.7 Å². The standard InChI is InChI=1S/C8H11BrF2N4/c9-6-13-7(12)14-15(6)4-5-1-2-8(10,11)3-5/h5H,1-4H2,(H2,12,14). The van der Waals surface area contributed by atoms with Crippen LogP contribution in [-0.2, 0) is 6.54 Å². The van der Waals surface area contributed by atoms with Gasteiger partial charge >= 0.3 is 0 Å². The van der Waals surface area contributed by atoms with E-state index in [9.17, 15) is 8.78 Å². The van der Waals surface area contributed by atoms with Crippen molar-refractivity contribution in [3.05, 3.63) is 4.73 Å². The first-order valence-corrected chi connectivity index (χ1v) is 5.49. The molecule has 7 heteroatoms. The van der Waals surface area contributed by atoms with Crippen LogP contribution in [0.1, 0.15) is 19.3 Å². The van der Waals surface area contributed by atoms with Gasteiger partial charge in [-0.3, -0.25) is 0 Å². The molecule has 1 aromatic heterocycles. The van der Waals surface area contributed by atoms with Crippen molar-refractivity contribution in [2.45, 2.75) is 31.7 Å². The van der Waals surface area contributed by atoms with Crippen LogP contribution in [0.25, 0.3) is 0 Å². The van der Waals surface area contributed by atoms with Crippen molar-refractivity contribution in [3.63, 3.8) is 0 Å². The molecule has 1 aliphatic carbocycles. The van der Waals surface area contributed by atoms with E-state index in [1.807, 2.05) is 0 Å².